The summed E-state index contributed by atoms with van der Waals surface area (Å²) in [6.07, 6.45) is 6.74. The van der Waals surface area contributed by atoms with Crippen LogP contribution in [0.15, 0.2) is 4.99 Å². The zero-order valence-electron chi connectivity index (χ0n) is 14.1. The molecule has 0 spiro atoms. The van der Waals surface area contributed by atoms with E-state index in [0.717, 1.165) is 25.5 Å². The number of hydrogen-bond donors (Lipinski definition) is 2. The second-order valence-corrected chi connectivity index (χ2v) is 7.81. The summed E-state index contributed by atoms with van der Waals surface area (Å²) in [6.45, 7) is 8.72. The number of unbranched alkanes of at least 4 members (excludes halogenated alkanes) is 1. The van der Waals surface area contributed by atoms with Gasteiger partial charge in [-0.1, -0.05) is 33.1 Å². The van der Waals surface area contributed by atoms with Crippen molar-refractivity contribution in [2.45, 2.75) is 52.9 Å². The number of nitrogens with zero attached hydrogens (tertiary/aromatic N) is 1. The Bertz CT molecular complexity index is 380. The fourth-order valence-corrected chi connectivity index (χ4v) is 2.69. The number of rotatable bonds is 11. The van der Waals surface area contributed by atoms with Crippen molar-refractivity contribution in [3.63, 3.8) is 0 Å². The summed E-state index contributed by atoms with van der Waals surface area (Å²) >= 11 is 0. The van der Waals surface area contributed by atoms with Gasteiger partial charge in [0, 0.05) is 25.9 Å². The van der Waals surface area contributed by atoms with Crippen molar-refractivity contribution >= 4 is 15.8 Å². The van der Waals surface area contributed by atoms with E-state index < -0.39 is 9.84 Å². The Hall–Kier alpha value is -0.780. The maximum atomic E-state index is 11.1. The molecule has 0 aliphatic rings. The number of guanidine groups is 1. The molecule has 0 fully saturated rings. The molecule has 0 rings (SSSR count). The van der Waals surface area contributed by atoms with E-state index in [4.69, 9.17) is 0 Å². The van der Waals surface area contributed by atoms with Crippen molar-refractivity contribution in [3.8, 4) is 0 Å². The first kappa shape index (κ1) is 20.2. The average molecular weight is 320 g/mol. The van der Waals surface area contributed by atoms with E-state index in [1.165, 1.54) is 25.5 Å². The van der Waals surface area contributed by atoms with Crippen molar-refractivity contribution in [2.75, 3.05) is 31.6 Å². The third-order valence-corrected chi connectivity index (χ3v) is 4.41. The van der Waals surface area contributed by atoms with Crippen molar-refractivity contribution in [1.29, 1.82) is 0 Å². The lowest BCUT2D eigenvalue weighted by Crippen LogP contribution is -2.38. The monoisotopic (exact) mass is 319 g/mol. The van der Waals surface area contributed by atoms with Gasteiger partial charge in [0.05, 0.1) is 5.75 Å². The van der Waals surface area contributed by atoms with Crippen LogP contribution in [0.25, 0.3) is 0 Å². The summed E-state index contributed by atoms with van der Waals surface area (Å²) in [4.78, 5) is 4.62. The quantitative estimate of drug-likeness (QED) is 0.348. The van der Waals surface area contributed by atoms with Gasteiger partial charge in [-0.15, -0.1) is 0 Å². The second kappa shape index (κ2) is 11.8. The Kier molecular flexibility index (Phi) is 11.4. The Labute approximate surface area is 130 Å². The molecule has 1 unspecified atom stereocenters. The molecule has 0 bridgehead atoms. The first-order valence-electron chi connectivity index (χ1n) is 8.12. The van der Waals surface area contributed by atoms with Gasteiger partial charge in [0.1, 0.15) is 9.84 Å². The molecule has 1 atom stereocenters. The smallest absolute Gasteiger partial charge is 0.191 e. The highest BCUT2D eigenvalue weighted by Crippen LogP contribution is 2.12. The fraction of sp³-hybridized carbons (Fsp3) is 0.933. The third kappa shape index (κ3) is 12.7. The maximum Gasteiger partial charge on any atom is 0.191 e. The second-order valence-electron chi connectivity index (χ2n) is 5.55. The van der Waals surface area contributed by atoms with E-state index in [1.807, 2.05) is 6.92 Å². The van der Waals surface area contributed by atoms with Crippen molar-refractivity contribution in [3.05, 3.63) is 0 Å². The van der Waals surface area contributed by atoms with Crippen LogP contribution in [-0.2, 0) is 9.84 Å². The van der Waals surface area contributed by atoms with Crippen LogP contribution in [0.3, 0.4) is 0 Å². The molecule has 0 amide bonds. The Morgan fingerprint density at radius 2 is 1.86 bits per heavy atom. The van der Waals surface area contributed by atoms with Crippen LogP contribution in [0.5, 0.6) is 0 Å². The van der Waals surface area contributed by atoms with Crippen molar-refractivity contribution in [1.82, 2.24) is 10.6 Å². The number of aliphatic imine (C=N–C) groups is 1. The molecule has 0 aromatic rings. The van der Waals surface area contributed by atoms with Gasteiger partial charge in [-0.3, -0.25) is 4.99 Å². The molecule has 2 N–H and O–H groups in total. The highest BCUT2D eigenvalue weighted by molar-refractivity contribution is 7.90. The summed E-state index contributed by atoms with van der Waals surface area (Å²) in [5.41, 5.74) is 0. The average Bonchev–Trinajstić information content (AvgIpc) is 2.42. The van der Waals surface area contributed by atoms with Crippen LogP contribution in [0.4, 0.5) is 0 Å². The number of hydrogen-bond acceptors (Lipinski definition) is 3. The van der Waals surface area contributed by atoms with Crippen molar-refractivity contribution in [2.24, 2.45) is 10.9 Å². The minimum absolute atomic E-state index is 0.216. The van der Waals surface area contributed by atoms with Crippen LogP contribution in [0, 0.1) is 5.92 Å². The van der Waals surface area contributed by atoms with E-state index in [-0.39, 0.29) is 5.75 Å². The zero-order chi connectivity index (χ0) is 16.1. The first-order valence-corrected chi connectivity index (χ1v) is 10.2. The van der Waals surface area contributed by atoms with E-state index in [9.17, 15) is 8.42 Å². The molecule has 0 saturated carbocycles. The lowest BCUT2D eigenvalue weighted by Gasteiger charge is -2.15. The normalized spacial score (nSPS) is 14.0. The largest absolute Gasteiger partial charge is 0.357 e. The molecule has 0 aromatic heterocycles. The molecule has 0 saturated heterocycles. The Morgan fingerprint density at radius 3 is 2.38 bits per heavy atom. The van der Waals surface area contributed by atoms with E-state index in [0.29, 0.717) is 18.9 Å². The lowest BCUT2D eigenvalue weighted by atomic mass is 10.00. The Morgan fingerprint density at radius 1 is 1.14 bits per heavy atom. The zero-order valence-corrected chi connectivity index (χ0v) is 14.9. The van der Waals surface area contributed by atoms with Gasteiger partial charge in [0.25, 0.3) is 0 Å². The molecule has 126 valence electrons. The predicted octanol–water partition coefficient (Wildman–Crippen LogP) is 2.19. The van der Waals surface area contributed by atoms with E-state index in [2.05, 4.69) is 29.5 Å². The van der Waals surface area contributed by atoms with Crippen LogP contribution >= 0.6 is 0 Å². The third-order valence-electron chi connectivity index (χ3n) is 3.38. The predicted molar refractivity (Wildman–Crippen MR) is 91.6 cm³/mol. The lowest BCUT2D eigenvalue weighted by molar-refractivity contribution is 0.461. The number of nitrogens with one attached hydrogen (secondary N) is 2. The summed E-state index contributed by atoms with van der Waals surface area (Å²) in [6, 6.07) is 0. The summed E-state index contributed by atoms with van der Waals surface area (Å²) in [5.74, 6) is 1.64. The molecule has 0 aromatic carbocycles. The van der Waals surface area contributed by atoms with Crippen LogP contribution < -0.4 is 10.6 Å². The van der Waals surface area contributed by atoms with Gasteiger partial charge in [0.15, 0.2) is 5.96 Å². The van der Waals surface area contributed by atoms with Gasteiger partial charge >= 0.3 is 0 Å². The molecular formula is C15H33N3O2S. The maximum absolute atomic E-state index is 11.1. The van der Waals surface area contributed by atoms with Gasteiger partial charge in [0.2, 0.25) is 0 Å². The van der Waals surface area contributed by atoms with Crippen molar-refractivity contribution < 1.29 is 8.42 Å². The highest BCUT2D eigenvalue weighted by Gasteiger charge is 2.06. The SMILES string of the molecule is CCCCC(CC)CN=C(NCC)NCCCS(C)(=O)=O. The minimum atomic E-state index is -2.87. The standard InChI is InChI=1S/C15H33N3O2S/c1-5-8-10-14(6-2)13-18-15(16-7-3)17-11-9-12-21(4,19)20/h14H,5-13H2,1-4H3,(H2,16,17,18). The first-order chi connectivity index (χ1) is 9.92. The van der Waals surface area contributed by atoms with Gasteiger partial charge < -0.3 is 10.6 Å². The van der Waals surface area contributed by atoms with Gasteiger partial charge in [-0.25, -0.2) is 8.42 Å². The molecule has 0 aliphatic heterocycles. The summed E-state index contributed by atoms with van der Waals surface area (Å²) < 4.78 is 22.2. The number of sulfone groups is 1. The van der Waals surface area contributed by atoms with Gasteiger partial charge in [-0.05, 0) is 25.7 Å². The minimum Gasteiger partial charge on any atom is -0.357 e. The molecule has 0 aliphatic carbocycles. The molecule has 5 nitrogen and oxygen atoms in total. The summed E-state index contributed by atoms with van der Waals surface area (Å²) in [7, 11) is -2.87. The van der Waals surface area contributed by atoms with Crippen LogP contribution in [0.1, 0.15) is 52.9 Å². The molecule has 0 heterocycles. The molecular weight excluding hydrogens is 286 g/mol. The molecule has 0 radical (unpaired) electrons. The van der Waals surface area contributed by atoms with E-state index >= 15 is 0 Å². The van der Waals surface area contributed by atoms with E-state index in [1.54, 1.807) is 0 Å². The van der Waals surface area contributed by atoms with Gasteiger partial charge in [-0.2, -0.15) is 0 Å². The summed E-state index contributed by atoms with van der Waals surface area (Å²) in [5, 5.41) is 6.41. The molecule has 21 heavy (non-hydrogen) atoms. The van der Waals surface area contributed by atoms with Crippen LogP contribution in [-0.4, -0.2) is 46.0 Å². The fourth-order valence-electron chi connectivity index (χ4n) is 2.02. The highest BCUT2D eigenvalue weighted by atomic mass is 32.2. The van der Waals surface area contributed by atoms with Crippen LogP contribution in [0.2, 0.25) is 0 Å². The Balaban J connectivity index is 4.21. The molecule has 6 heteroatoms. The topological polar surface area (TPSA) is 70.6 Å².